The maximum atomic E-state index is 14.7. The van der Waals surface area contributed by atoms with Crippen molar-refractivity contribution >= 4 is 21.7 Å². The van der Waals surface area contributed by atoms with E-state index in [0.717, 1.165) is 23.3 Å². The van der Waals surface area contributed by atoms with Crippen LogP contribution in [0.1, 0.15) is 46.8 Å². The smallest absolute Gasteiger partial charge is 0.347 e. The summed E-state index contributed by atoms with van der Waals surface area (Å²) in [5.41, 5.74) is -1.48. The number of carbonyl (C=O) groups is 2. The maximum absolute atomic E-state index is 14.7. The molecule has 1 heterocycles. The predicted octanol–water partition coefficient (Wildman–Crippen LogP) is 4.61. The van der Waals surface area contributed by atoms with Gasteiger partial charge in [0.05, 0.1) is 16.5 Å². The van der Waals surface area contributed by atoms with E-state index in [1.54, 1.807) is 0 Å². The molecule has 2 amide bonds. The lowest BCUT2D eigenvalue weighted by Gasteiger charge is -2.27. The van der Waals surface area contributed by atoms with Crippen LogP contribution in [-0.2, 0) is 20.8 Å². The number of nitrogens with zero attached hydrogens (tertiary/aromatic N) is 1. The first-order chi connectivity index (χ1) is 17.7. The quantitative estimate of drug-likeness (QED) is 0.500. The van der Waals surface area contributed by atoms with Crippen LogP contribution in [0, 0.1) is 17.7 Å². The number of hydrogen-bond acceptors (Lipinski definition) is 4. The second-order valence-corrected chi connectivity index (χ2v) is 11.7. The summed E-state index contributed by atoms with van der Waals surface area (Å²) in [5.74, 6) is -4.46. The zero-order valence-electron chi connectivity index (χ0n) is 20.0. The minimum absolute atomic E-state index is 0.117. The fraction of sp³-hybridized carbons (Fsp3) is 0.440. The van der Waals surface area contributed by atoms with Crippen LogP contribution < -0.4 is 5.32 Å². The van der Waals surface area contributed by atoms with Gasteiger partial charge >= 0.3 is 6.18 Å². The van der Waals surface area contributed by atoms with Gasteiger partial charge in [0.2, 0.25) is 12.3 Å². The average Bonchev–Trinajstić information content (AvgIpc) is 3.57. The molecule has 2 fully saturated rings. The summed E-state index contributed by atoms with van der Waals surface area (Å²) in [5, 5.41) is 2.57. The minimum atomic E-state index is -4.76. The molecule has 4 rings (SSSR count). The molecular weight excluding hydrogens is 538 g/mol. The van der Waals surface area contributed by atoms with Crippen LogP contribution >= 0.6 is 0 Å². The molecule has 2 aromatic rings. The lowest BCUT2D eigenvalue weighted by molar-refractivity contribution is -0.137. The topological polar surface area (TPSA) is 83.6 Å². The second kappa shape index (κ2) is 10.2. The molecule has 13 heteroatoms. The molecule has 1 N–H and O–H groups in total. The Balaban J connectivity index is 1.61. The van der Waals surface area contributed by atoms with Gasteiger partial charge in [0, 0.05) is 29.8 Å². The first kappa shape index (κ1) is 27.9. The van der Waals surface area contributed by atoms with Gasteiger partial charge in [0.15, 0.2) is 9.84 Å². The number of sulfone groups is 1. The molecule has 3 atom stereocenters. The largest absolute Gasteiger partial charge is 0.416 e. The predicted molar refractivity (Wildman–Crippen MR) is 123 cm³/mol. The van der Waals surface area contributed by atoms with E-state index in [9.17, 15) is 44.3 Å². The van der Waals surface area contributed by atoms with Crippen molar-refractivity contribution in [2.75, 3.05) is 12.8 Å². The van der Waals surface area contributed by atoms with Crippen LogP contribution in [0.5, 0.6) is 0 Å². The number of carbonyl (C=O) groups excluding carboxylic acids is 2. The van der Waals surface area contributed by atoms with Gasteiger partial charge in [0.25, 0.3) is 5.91 Å². The summed E-state index contributed by atoms with van der Waals surface area (Å²) >= 11 is 0. The lowest BCUT2D eigenvalue weighted by Crippen LogP contribution is -2.47. The van der Waals surface area contributed by atoms with Crippen LogP contribution in [0.15, 0.2) is 47.4 Å². The zero-order chi connectivity index (χ0) is 28.0. The Morgan fingerprint density at radius 3 is 2.29 bits per heavy atom. The molecular formula is C25H24F6N2O4S. The van der Waals surface area contributed by atoms with Crippen molar-refractivity contribution in [2.45, 2.75) is 48.8 Å². The summed E-state index contributed by atoms with van der Waals surface area (Å²) < 4.78 is 105. The highest BCUT2D eigenvalue weighted by molar-refractivity contribution is 7.90. The highest BCUT2D eigenvalue weighted by atomic mass is 32.2. The molecule has 1 saturated carbocycles. The van der Waals surface area contributed by atoms with E-state index in [1.807, 2.05) is 0 Å². The van der Waals surface area contributed by atoms with Crippen LogP contribution in [0.25, 0.3) is 0 Å². The highest BCUT2D eigenvalue weighted by Gasteiger charge is 2.45. The number of alkyl halides is 5. The van der Waals surface area contributed by atoms with Crippen molar-refractivity contribution in [1.82, 2.24) is 10.2 Å². The van der Waals surface area contributed by atoms with Gasteiger partial charge in [-0.25, -0.2) is 21.6 Å². The van der Waals surface area contributed by atoms with Crippen molar-refractivity contribution < 1.29 is 44.3 Å². The average molecular weight is 563 g/mol. The molecule has 0 spiro atoms. The molecule has 0 radical (unpaired) electrons. The number of rotatable bonds is 7. The third-order valence-corrected chi connectivity index (χ3v) is 7.93. The van der Waals surface area contributed by atoms with E-state index >= 15 is 0 Å². The molecule has 38 heavy (non-hydrogen) atoms. The molecule has 2 aromatic carbocycles. The normalized spacial score (nSPS) is 21.0. The number of halogens is 6. The fourth-order valence-corrected chi connectivity index (χ4v) is 5.30. The number of nitrogens with one attached hydrogen (secondary N) is 1. The molecule has 2 unspecified atom stereocenters. The summed E-state index contributed by atoms with van der Waals surface area (Å²) in [7, 11) is -3.68. The third-order valence-electron chi connectivity index (χ3n) is 6.82. The van der Waals surface area contributed by atoms with Gasteiger partial charge in [-0.15, -0.1) is 0 Å². The highest BCUT2D eigenvalue weighted by Crippen LogP contribution is 2.43. The molecule has 6 nitrogen and oxygen atoms in total. The van der Waals surface area contributed by atoms with Gasteiger partial charge in [-0.3, -0.25) is 9.59 Å². The van der Waals surface area contributed by atoms with Gasteiger partial charge in [0.1, 0.15) is 11.9 Å². The number of likely N-dealkylation sites (tertiary alicyclic amines) is 1. The van der Waals surface area contributed by atoms with Crippen molar-refractivity contribution in [3.63, 3.8) is 0 Å². The zero-order valence-corrected chi connectivity index (χ0v) is 20.8. The molecule has 0 bridgehead atoms. The van der Waals surface area contributed by atoms with Crippen molar-refractivity contribution in [3.8, 4) is 0 Å². The van der Waals surface area contributed by atoms with Crippen LogP contribution in [0.2, 0.25) is 0 Å². The van der Waals surface area contributed by atoms with E-state index in [-0.39, 0.29) is 21.9 Å². The molecule has 1 aliphatic carbocycles. The summed E-state index contributed by atoms with van der Waals surface area (Å²) in [4.78, 5) is 27.3. The van der Waals surface area contributed by atoms with E-state index in [2.05, 4.69) is 5.32 Å². The van der Waals surface area contributed by atoms with E-state index in [4.69, 9.17) is 0 Å². The molecule has 0 aromatic heterocycles. The van der Waals surface area contributed by atoms with Gasteiger partial charge in [-0.1, -0.05) is 12.1 Å². The Labute approximate surface area is 214 Å². The summed E-state index contributed by atoms with van der Waals surface area (Å²) in [6.45, 7) is -0.472. The van der Waals surface area contributed by atoms with Crippen LogP contribution in [0.4, 0.5) is 26.3 Å². The van der Waals surface area contributed by atoms with Crippen LogP contribution in [-0.4, -0.2) is 50.4 Å². The Kier molecular flexibility index (Phi) is 7.52. The Morgan fingerprint density at radius 1 is 1.05 bits per heavy atom. The second-order valence-electron chi connectivity index (χ2n) is 9.66. The Bertz CT molecular complexity index is 1340. The van der Waals surface area contributed by atoms with Crippen molar-refractivity contribution in [1.29, 1.82) is 0 Å². The first-order valence-electron chi connectivity index (χ1n) is 11.7. The van der Waals surface area contributed by atoms with E-state index in [1.165, 1.54) is 18.2 Å². The SMILES string of the molecule is CS(=O)(=O)c1cccc(C(=O)N2CC(C(F)F)C[C@@H]2C(=O)NC(c2ccc(C(F)(F)F)cc2F)C2CC2)c1. The molecule has 206 valence electrons. The van der Waals surface area contributed by atoms with Crippen molar-refractivity contribution in [2.24, 2.45) is 11.8 Å². The molecule has 1 saturated heterocycles. The minimum Gasteiger partial charge on any atom is -0.347 e. The van der Waals surface area contributed by atoms with Gasteiger partial charge in [-0.05, 0) is 55.5 Å². The number of hydrogen-bond donors (Lipinski definition) is 1. The summed E-state index contributed by atoms with van der Waals surface area (Å²) in [6, 6.07) is 4.56. The van der Waals surface area contributed by atoms with Gasteiger partial charge < -0.3 is 10.2 Å². The lowest BCUT2D eigenvalue weighted by atomic mass is 9.98. The number of amides is 2. The van der Waals surface area contributed by atoms with E-state index in [0.29, 0.717) is 25.0 Å². The van der Waals surface area contributed by atoms with Crippen molar-refractivity contribution in [3.05, 3.63) is 65.0 Å². The third kappa shape index (κ3) is 5.97. The molecule has 1 aliphatic heterocycles. The standard InChI is InChI=1S/C25H24F6N2O4S/c1-38(36,37)17-4-2-3-14(9-17)24(35)33-12-15(22(27)28)10-20(33)23(34)32-21(13-5-6-13)18-8-7-16(11-19(18)26)25(29,30)31/h2-4,7-9,11,13,15,20-22H,5-6,10,12H2,1H3,(H,32,34)/t15?,20-,21?/m1/s1. The maximum Gasteiger partial charge on any atom is 0.416 e. The first-order valence-corrected chi connectivity index (χ1v) is 13.6. The fourth-order valence-electron chi connectivity index (χ4n) is 4.63. The van der Waals surface area contributed by atoms with E-state index < -0.39 is 76.6 Å². The monoisotopic (exact) mass is 562 g/mol. The Hall–Kier alpha value is -3.09. The Morgan fingerprint density at radius 2 is 1.74 bits per heavy atom. The number of benzene rings is 2. The summed E-state index contributed by atoms with van der Waals surface area (Å²) in [6.07, 6.45) is -5.94. The molecule has 2 aliphatic rings. The van der Waals surface area contributed by atoms with Gasteiger partial charge in [-0.2, -0.15) is 13.2 Å². The van der Waals surface area contributed by atoms with Crippen LogP contribution in [0.3, 0.4) is 0 Å².